The molecule has 4 heterocycles. The zero-order valence-corrected chi connectivity index (χ0v) is 20.8. The van der Waals surface area contributed by atoms with Crippen molar-refractivity contribution in [2.75, 3.05) is 19.9 Å². The van der Waals surface area contributed by atoms with E-state index in [1.165, 1.54) is 23.5 Å². The molecule has 0 spiro atoms. The molecule has 0 radical (unpaired) electrons. The van der Waals surface area contributed by atoms with Gasteiger partial charge in [0, 0.05) is 12.7 Å². The van der Waals surface area contributed by atoms with Gasteiger partial charge in [0.15, 0.2) is 11.6 Å². The van der Waals surface area contributed by atoms with E-state index in [1.54, 1.807) is 27.7 Å². The molecular weight excluding hydrogens is 511 g/mol. The van der Waals surface area contributed by atoms with Crippen LogP contribution in [0.15, 0.2) is 48.9 Å². The summed E-state index contributed by atoms with van der Waals surface area (Å²) in [6, 6.07) is 6.90. The van der Waals surface area contributed by atoms with E-state index in [9.17, 15) is 21.6 Å². The molecule has 0 unspecified atom stereocenters. The fourth-order valence-electron chi connectivity index (χ4n) is 4.27. The van der Waals surface area contributed by atoms with Crippen LogP contribution in [0.5, 0.6) is 5.88 Å². The Labute approximate surface area is 210 Å². The number of benzene rings is 1. The van der Waals surface area contributed by atoms with Crippen molar-refractivity contribution >= 4 is 10.0 Å². The van der Waals surface area contributed by atoms with Crippen LogP contribution in [0.4, 0.5) is 13.2 Å². The minimum Gasteiger partial charge on any atom is -0.479 e. The largest absolute Gasteiger partial charge is 0.479 e. The molecule has 1 aliphatic heterocycles. The highest BCUT2D eigenvalue weighted by Gasteiger charge is 2.38. The Bertz CT molecular complexity index is 1560. The summed E-state index contributed by atoms with van der Waals surface area (Å²) in [5.41, 5.74) is 1.37. The minimum atomic E-state index is -4.51. The molecule has 37 heavy (non-hydrogen) atoms. The van der Waals surface area contributed by atoms with Gasteiger partial charge in [0.2, 0.25) is 15.9 Å². The van der Waals surface area contributed by atoms with Crippen LogP contribution in [-0.4, -0.2) is 61.9 Å². The second-order valence-electron chi connectivity index (χ2n) is 8.56. The maximum Gasteiger partial charge on any atom is 0.416 e. The van der Waals surface area contributed by atoms with Gasteiger partial charge in [-0.1, -0.05) is 12.1 Å². The number of ether oxygens (including phenoxy) is 1. The first-order chi connectivity index (χ1) is 17.5. The van der Waals surface area contributed by atoms with E-state index in [4.69, 9.17) is 4.74 Å². The Kier molecular flexibility index (Phi) is 6.02. The van der Waals surface area contributed by atoms with Crippen molar-refractivity contribution in [2.45, 2.75) is 25.7 Å². The van der Waals surface area contributed by atoms with E-state index in [-0.39, 0.29) is 24.7 Å². The van der Waals surface area contributed by atoms with E-state index in [0.29, 0.717) is 22.8 Å². The SMILES string of the molecule is COc1nc(-c2nc3n(n2)CCN(S(C)(=O)=O)[C@@H]3c2ccc(C(F)(F)F)cc2)ccc1-n1cnc(C)c1. The van der Waals surface area contributed by atoms with Crippen LogP contribution in [0.3, 0.4) is 0 Å². The van der Waals surface area contributed by atoms with Crippen LogP contribution >= 0.6 is 0 Å². The summed E-state index contributed by atoms with van der Waals surface area (Å²) in [6.45, 7) is 2.16. The van der Waals surface area contributed by atoms with Gasteiger partial charge in [-0.05, 0) is 36.8 Å². The summed E-state index contributed by atoms with van der Waals surface area (Å²) in [5.74, 6) is 0.815. The highest BCUT2D eigenvalue weighted by Crippen LogP contribution is 2.36. The van der Waals surface area contributed by atoms with Crippen LogP contribution in [0.25, 0.3) is 17.2 Å². The second-order valence-corrected chi connectivity index (χ2v) is 10.5. The third-order valence-corrected chi connectivity index (χ3v) is 7.24. The Morgan fingerprint density at radius 2 is 1.78 bits per heavy atom. The van der Waals surface area contributed by atoms with E-state index < -0.39 is 27.8 Å². The number of hydrogen-bond donors (Lipinski definition) is 0. The molecule has 0 aliphatic carbocycles. The molecule has 194 valence electrons. The van der Waals surface area contributed by atoms with Crippen molar-refractivity contribution in [1.29, 1.82) is 0 Å². The molecule has 0 bridgehead atoms. The van der Waals surface area contributed by atoms with Gasteiger partial charge in [-0.25, -0.2) is 28.1 Å². The topological polar surface area (TPSA) is 108 Å². The van der Waals surface area contributed by atoms with E-state index in [1.807, 2.05) is 13.1 Å². The molecule has 0 saturated carbocycles. The smallest absolute Gasteiger partial charge is 0.416 e. The summed E-state index contributed by atoms with van der Waals surface area (Å²) in [6.07, 6.45) is -0.00114. The quantitative estimate of drug-likeness (QED) is 0.388. The first-order valence-electron chi connectivity index (χ1n) is 11.1. The number of alkyl halides is 3. The molecule has 10 nitrogen and oxygen atoms in total. The molecule has 1 aliphatic rings. The molecule has 0 amide bonds. The Morgan fingerprint density at radius 3 is 2.38 bits per heavy atom. The first kappa shape index (κ1) is 24.9. The lowest BCUT2D eigenvalue weighted by Crippen LogP contribution is -2.42. The fourth-order valence-corrected chi connectivity index (χ4v) is 5.28. The van der Waals surface area contributed by atoms with Gasteiger partial charge in [-0.2, -0.15) is 17.5 Å². The van der Waals surface area contributed by atoms with Crippen molar-refractivity contribution in [3.8, 4) is 23.1 Å². The highest BCUT2D eigenvalue weighted by atomic mass is 32.2. The van der Waals surface area contributed by atoms with Gasteiger partial charge in [-0.15, -0.1) is 5.10 Å². The number of nitrogens with zero attached hydrogens (tertiary/aromatic N) is 7. The number of aryl methyl sites for hydroxylation is 1. The number of methoxy groups -OCH3 is 1. The van der Waals surface area contributed by atoms with Gasteiger partial charge in [0.1, 0.15) is 17.4 Å². The minimum absolute atomic E-state index is 0.0794. The van der Waals surface area contributed by atoms with Crippen LogP contribution in [0.1, 0.15) is 28.7 Å². The standard InChI is InChI=1S/C23H22F3N7O3S/c1-14-12-31(13-27-14)18-9-8-17(28-22(18)36-2)20-29-21-19(15-4-6-16(7-5-15)23(24,25)26)33(37(3,34)35)11-10-32(21)30-20/h4-9,12-13,19H,10-11H2,1-3H3/t19-/m1/s1. The summed E-state index contributed by atoms with van der Waals surface area (Å²) in [4.78, 5) is 13.3. The molecule has 0 N–H and O–H groups in total. The van der Waals surface area contributed by atoms with Crippen LogP contribution in [-0.2, 0) is 22.7 Å². The first-order valence-corrected chi connectivity index (χ1v) is 13.0. The zero-order chi connectivity index (χ0) is 26.5. The molecule has 1 atom stereocenters. The average Bonchev–Trinajstić information content (AvgIpc) is 3.48. The molecule has 1 aromatic carbocycles. The number of pyridine rings is 1. The van der Waals surface area contributed by atoms with Crippen molar-refractivity contribution in [2.24, 2.45) is 0 Å². The number of fused-ring (bicyclic) bond motifs is 1. The molecular formula is C23H22F3N7O3S. The van der Waals surface area contributed by atoms with Crippen molar-refractivity contribution in [3.63, 3.8) is 0 Å². The number of imidazole rings is 1. The summed E-state index contributed by atoms with van der Waals surface area (Å²) in [7, 11) is -2.24. The highest BCUT2D eigenvalue weighted by molar-refractivity contribution is 7.88. The Balaban J connectivity index is 1.57. The number of aromatic nitrogens is 6. The molecule has 4 aromatic rings. The number of rotatable bonds is 5. The van der Waals surface area contributed by atoms with Crippen molar-refractivity contribution < 1.29 is 26.3 Å². The second kappa shape index (κ2) is 8.95. The average molecular weight is 534 g/mol. The summed E-state index contributed by atoms with van der Waals surface area (Å²) < 4.78 is 74.5. The monoisotopic (exact) mass is 533 g/mol. The third kappa shape index (κ3) is 4.69. The molecule has 0 fully saturated rings. The lowest BCUT2D eigenvalue weighted by Gasteiger charge is -2.33. The van der Waals surface area contributed by atoms with Gasteiger partial charge in [0.05, 0.1) is 37.5 Å². The number of halogens is 3. The predicted octanol–water partition coefficient (Wildman–Crippen LogP) is 3.23. The Hall–Kier alpha value is -3.78. The van der Waals surface area contributed by atoms with Crippen LogP contribution in [0, 0.1) is 6.92 Å². The zero-order valence-electron chi connectivity index (χ0n) is 20.0. The normalized spacial score (nSPS) is 16.5. The van der Waals surface area contributed by atoms with Gasteiger partial charge < -0.3 is 9.30 Å². The van der Waals surface area contributed by atoms with Crippen LogP contribution < -0.4 is 4.74 Å². The molecule has 0 saturated heterocycles. The predicted molar refractivity (Wildman–Crippen MR) is 127 cm³/mol. The number of sulfonamides is 1. The Morgan fingerprint density at radius 1 is 1.05 bits per heavy atom. The van der Waals surface area contributed by atoms with Crippen molar-refractivity contribution in [1.82, 2.24) is 33.6 Å². The van der Waals surface area contributed by atoms with E-state index in [2.05, 4.69) is 20.1 Å². The molecule has 3 aromatic heterocycles. The van der Waals surface area contributed by atoms with Crippen molar-refractivity contribution in [3.05, 3.63) is 71.6 Å². The molecule has 5 rings (SSSR count). The maximum absolute atomic E-state index is 13.1. The maximum atomic E-state index is 13.1. The lowest BCUT2D eigenvalue weighted by atomic mass is 10.0. The number of hydrogen-bond acceptors (Lipinski definition) is 7. The van der Waals surface area contributed by atoms with Gasteiger partial charge in [-0.3, -0.25) is 0 Å². The molecule has 14 heteroatoms. The van der Waals surface area contributed by atoms with E-state index >= 15 is 0 Å². The third-order valence-electron chi connectivity index (χ3n) is 6.00. The van der Waals surface area contributed by atoms with E-state index in [0.717, 1.165) is 24.1 Å². The van der Waals surface area contributed by atoms with Gasteiger partial charge >= 0.3 is 6.18 Å². The fraction of sp³-hybridized carbons (Fsp3) is 0.304. The lowest BCUT2D eigenvalue weighted by molar-refractivity contribution is -0.137. The van der Waals surface area contributed by atoms with Gasteiger partial charge in [0.25, 0.3) is 0 Å². The van der Waals surface area contributed by atoms with Crippen LogP contribution in [0.2, 0.25) is 0 Å². The summed E-state index contributed by atoms with van der Waals surface area (Å²) >= 11 is 0. The summed E-state index contributed by atoms with van der Waals surface area (Å²) in [5, 5.41) is 4.52.